The van der Waals surface area contributed by atoms with Gasteiger partial charge in [-0.15, -0.1) is 0 Å². The molecule has 92 valence electrons. The Kier molecular flexibility index (Phi) is 2.71. The maximum atomic E-state index is 6.52. The summed E-state index contributed by atoms with van der Waals surface area (Å²) in [5.41, 5.74) is 10.6. The molecule has 2 N–H and O–H groups in total. The third kappa shape index (κ3) is 1.85. The van der Waals surface area contributed by atoms with Crippen molar-refractivity contribution in [2.75, 3.05) is 0 Å². The van der Waals surface area contributed by atoms with Crippen LogP contribution in [0.15, 0.2) is 54.6 Å². The van der Waals surface area contributed by atoms with Crippen LogP contribution in [-0.2, 0) is 5.41 Å². The van der Waals surface area contributed by atoms with Crippen LogP contribution in [0.25, 0.3) is 0 Å². The molecule has 0 bridgehead atoms. The second-order valence-corrected chi connectivity index (χ2v) is 5.41. The molecule has 1 atom stereocenters. The van der Waals surface area contributed by atoms with Gasteiger partial charge in [-0.1, -0.05) is 60.2 Å². The molecule has 1 saturated carbocycles. The number of nitrogens with two attached hydrogens (primary N) is 1. The lowest BCUT2D eigenvalue weighted by molar-refractivity contribution is 0.541. The van der Waals surface area contributed by atoms with Crippen LogP contribution in [0, 0.1) is 6.92 Å². The smallest absolute Gasteiger partial charge is 0.0393 e. The summed E-state index contributed by atoms with van der Waals surface area (Å²) in [5.74, 6) is 0. The summed E-state index contributed by atoms with van der Waals surface area (Å²) in [6.45, 7) is 2.11. The van der Waals surface area contributed by atoms with E-state index >= 15 is 0 Å². The van der Waals surface area contributed by atoms with Crippen LogP contribution in [0.3, 0.4) is 0 Å². The highest BCUT2D eigenvalue weighted by Gasteiger charge is 2.49. The van der Waals surface area contributed by atoms with E-state index in [1.807, 2.05) is 0 Å². The van der Waals surface area contributed by atoms with Crippen molar-refractivity contribution in [2.24, 2.45) is 5.73 Å². The minimum absolute atomic E-state index is 0.112. The predicted molar refractivity (Wildman–Crippen MR) is 75.5 cm³/mol. The number of hydrogen-bond donors (Lipinski definition) is 1. The largest absolute Gasteiger partial charge is 0.323 e. The quantitative estimate of drug-likeness (QED) is 0.865. The van der Waals surface area contributed by atoms with E-state index in [2.05, 4.69) is 61.5 Å². The van der Waals surface area contributed by atoms with Crippen molar-refractivity contribution < 1.29 is 0 Å². The van der Waals surface area contributed by atoms with Crippen molar-refractivity contribution in [3.63, 3.8) is 0 Å². The zero-order valence-electron chi connectivity index (χ0n) is 10.8. The minimum Gasteiger partial charge on any atom is -0.323 e. The summed E-state index contributed by atoms with van der Waals surface area (Å²) in [6.07, 6.45) is 2.40. The van der Waals surface area contributed by atoms with Crippen LogP contribution in [0.1, 0.15) is 35.6 Å². The van der Waals surface area contributed by atoms with Crippen molar-refractivity contribution in [3.05, 3.63) is 71.3 Å². The molecule has 2 aromatic rings. The molecule has 1 nitrogen and oxygen atoms in total. The van der Waals surface area contributed by atoms with Gasteiger partial charge in [0.1, 0.15) is 0 Å². The highest BCUT2D eigenvalue weighted by molar-refractivity contribution is 5.38. The van der Waals surface area contributed by atoms with E-state index < -0.39 is 0 Å². The van der Waals surface area contributed by atoms with Gasteiger partial charge >= 0.3 is 0 Å². The Morgan fingerprint density at radius 1 is 0.944 bits per heavy atom. The summed E-state index contributed by atoms with van der Waals surface area (Å²) >= 11 is 0. The normalized spacial score (nSPS) is 18.3. The molecule has 0 amide bonds. The standard InChI is InChI=1S/C17H19N/c1-13-7-9-14(10-8-13)16(18)17(11-12-17)15-5-3-2-4-6-15/h2-10,16H,11-12,18H2,1H3. The van der Waals surface area contributed by atoms with E-state index in [4.69, 9.17) is 5.73 Å². The lowest BCUT2D eigenvalue weighted by Gasteiger charge is -2.24. The monoisotopic (exact) mass is 237 g/mol. The number of aryl methyl sites for hydroxylation is 1. The first-order chi connectivity index (χ1) is 8.72. The summed E-state index contributed by atoms with van der Waals surface area (Å²) in [5, 5.41) is 0. The maximum absolute atomic E-state index is 6.52. The van der Waals surface area contributed by atoms with Crippen LogP contribution < -0.4 is 5.73 Å². The molecule has 0 heterocycles. The van der Waals surface area contributed by atoms with Crippen LogP contribution in [0.4, 0.5) is 0 Å². The first kappa shape index (κ1) is 11.5. The maximum Gasteiger partial charge on any atom is 0.0393 e. The van der Waals surface area contributed by atoms with Crippen LogP contribution in [0.5, 0.6) is 0 Å². The van der Waals surface area contributed by atoms with Gasteiger partial charge in [0.15, 0.2) is 0 Å². The van der Waals surface area contributed by atoms with Crippen molar-refractivity contribution in [3.8, 4) is 0 Å². The Morgan fingerprint density at radius 2 is 1.56 bits per heavy atom. The SMILES string of the molecule is Cc1ccc(C(N)C2(c3ccccc3)CC2)cc1. The molecule has 0 saturated heterocycles. The summed E-state index contributed by atoms with van der Waals surface area (Å²) < 4.78 is 0. The Balaban J connectivity index is 1.93. The number of hydrogen-bond acceptors (Lipinski definition) is 1. The molecule has 1 unspecified atom stereocenters. The molecule has 2 aromatic carbocycles. The van der Waals surface area contributed by atoms with E-state index in [1.165, 1.54) is 29.5 Å². The second-order valence-electron chi connectivity index (χ2n) is 5.41. The predicted octanol–water partition coefficient (Wildman–Crippen LogP) is 3.73. The summed E-state index contributed by atoms with van der Waals surface area (Å²) in [6, 6.07) is 19.5. The highest BCUT2D eigenvalue weighted by Crippen LogP contribution is 2.55. The van der Waals surface area contributed by atoms with Gasteiger partial charge in [0.2, 0.25) is 0 Å². The molecule has 0 aliphatic heterocycles. The lowest BCUT2D eigenvalue weighted by atomic mass is 9.84. The van der Waals surface area contributed by atoms with Crippen molar-refractivity contribution in [1.29, 1.82) is 0 Å². The molecule has 3 rings (SSSR count). The van der Waals surface area contributed by atoms with E-state index in [9.17, 15) is 0 Å². The minimum atomic E-state index is 0.112. The van der Waals surface area contributed by atoms with Gasteiger partial charge < -0.3 is 5.73 Å². The van der Waals surface area contributed by atoms with Crippen LogP contribution in [0.2, 0.25) is 0 Å². The number of benzene rings is 2. The average molecular weight is 237 g/mol. The van der Waals surface area contributed by atoms with Crippen LogP contribution in [-0.4, -0.2) is 0 Å². The zero-order valence-corrected chi connectivity index (χ0v) is 10.8. The van der Waals surface area contributed by atoms with Crippen molar-refractivity contribution in [2.45, 2.75) is 31.2 Å². The molecule has 0 aromatic heterocycles. The molecule has 18 heavy (non-hydrogen) atoms. The summed E-state index contributed by atoms with van der Waals surface area (Å²) in [4.78, 5) is 0. The molecule has 1 fully saturated rings. The Bertz CT molecular complexity index is 523. The van der Waals surface area contributed by atoms with Gasteiger partial charge in [-0.3, -0.25) is 0 Å². The van der Waals surface area contributed by atoms with E-state index in [0.717, 1.165) is 0 Å². The third-order valence-electron chi connectivity index (χ3n) is 4.17. The van der Waals surface area contributed by atoms with Gasteiger partial charge in [-0.25, -0.2) is 0 Å². The van der Waals surface area contributed by atoms with E-state index in [1.54, 1.807) is 0 Å². The molecule has 0 spiro atoms. The Labute approximate surface area is 109 Å². The lowest BCUT2D eigenvalue weighted by Crippen LogP contribution is -2.26. The Hall–Kier alpha value is -1.60. The van der Waals surface area contributed by atoms with Gasteiger partial charge in [0, 0.05) is 11.5 Å². The average Bonchev–Trinajstić information content (AvgIpc) is 3.21. The van der Waals surface area contributed by atoms with Crippen molar-refractivity contribution >= 4 is 0 Å². The van der Waals surface area contributed by atoms with Crippen molar-refractivity contribution in [1.82, 2.24) is 0 Å². The van der Waals surface area contributed by atoms with Gasteiger partial charge in [0.25, 0.3) is 0 Å². The molecule has 1 aliphatic carbocycles. The second kappa shape index (κ2) is 4.25. The molecule has 1 aliphatic rings. The molecule has 1 heteroatoms. The van der Waals surface area contributed by atoms with Gasteiger partial charge in [-0.2, -0.15) is 0 Å². The highest BCUT2D eigenvalue weighted by atomic mass is 14.7. The van der Waals surface area contributed by atoms with E-state index in [0.29, 0.717) is 0 Å². The fourth-order valence-corrected chi connectivity index (χ4v) is 2.78. The summed E-state index contributed by atoms with van der Waals surface area (Å²) in [7, 11) is 0. The zero-order chi connectivity index (χ0) is 12.6. The van der Waals surface area contributed by atoms with Crippen LogP contribution >= 0.6 is 0 Å². The Morgan fingerprint density at radius 3 is 2.11 bits per heavy atom. The first-order valence-corrected chi connectivity index (χ1v) is 6.60. The van der Waals surface area contributed by atoms with Gasteiger partial charge in [-0.05, 0) is 30.9 Å². The third-order valence-corrected chi connectivity index (χ3v) is 4.17. The van der Waals surface area contributed by atoms with E-state index in [-0.39, 0.29) is 11.5 Å². The molecular formula is C17H19N. The molecule has 0 radical (unpaired) electrons. The fourth-order valence-electron chi connectivity index (χ4n) is 2.78. The number of rotatable bonds is 3. The first-order valence-electron chi connectivity index (χ1n) is 6.60. The topological polar surface area (TPSA) is 26.0 Å². The molecular weight excluding hydrogens is 218 g/mol. The fraction of sp³-hybridized carbons (Fsp3) is 0.294. The van der Waals surface area contributed by atoms with Gasteiger partial charge in [0.05, 0.1) is 0 Å².